The van der Waals surface area contributed by atoms with Gasteiger partial charge < -0.3 is 0 Å². The van der Waals surface area contributed by atoms with E-state index in [1.807, 2.05) is 6.07 Å². The Balaban J connectivity index is 1.88. The number of benzene rings is 4. The number of fused-ring (bicyclic) bond motifs is 7. The van der Waals surface area contributed by atoms with E-state index in [9.17, 15) is 0 Å². The van der Waals surface area contributed by atoms with E-state index in [1.54, 1.807) is 0 Å². The lowest BCUT2D eigenvalue weighted by atomic mass is 10.1. The molecule has 2 heterocycles. The molecule has 28 heavy (non-hydrogen) atoms. The van der Waals surface area contributed by atoms with Crippen molar-refractivity contribution >= 4 is 38.4 Å². The molecule has 0 amide bonds. The molecule has 0 atom stereocenters. The number of nitrogens with zero attached hydrogens (tertiary/aromatic N) is 3. The molecule has 6 rings (SSSR count). The Morgan fingerprint density at radius 3 is 2.36 bits per heavy atom. The standard InChI is InChI=1S/C25H17N3/c1-16-10-12-18(13-11-16)24-27-23-19-7-3-2-6-17(19)14-15-20(23)25-26-21-8-4-5-9-22(21)28(24)25/h2-15H,1H3. The summed E-state index contributed by atoms with van der Waals surface area (Å²) in [7, 11) is 0. The first kappa shape index (κ1) is 15.3. The van der Waals surface area contributed by atoms with Crippen molar-refractivity contribution in [2.24, 2.45) is 0 Å². The third kappa shape index (κ3) is 2.10. The van der Waals surface area contributed by atoms with Crippen LogP contribution in [0.1, 0.15) is 5.56 Å². The third-order valence-corrected chi connectivity index (χ3v) is 5.44. The van der Waals surface area contributed by atoms with Gasteiger partial charge in [-0.25, -0.2) is 9.97 Å². The van der Waals surface area contributed by atoms with Crippen LogP contribution in [0.25, 0.3) is 49.7 Å². The summed E-state index contributed by atoms with van der Waals surface area (Å²) >= 11 is 0. The van der Waals surface area contributed by atoms with Crippen LogP contribution in [-0.4, -0.2) is 14.4 Å². The number of aryl methyl sites for hydroxylation is 1. The monoisotopic (exact) mass is 359 g/mol. The molecule has 0 N–H and O–H groups in total. The minimum Gasteiger partial charge on any atom is -0.276 e. The van der Waals surface area contributed by atoms with Crippen molar-refractivity contribution < 1.29 is 0 Å². The molecule has 3 heteroatoms. The minimum absolute atomic E-state index is 0.924. The summed E-state index contributed by atoms with van der Waals surface area (Å²) in [6, 6.07) is 29.5. The zero-order valence-electron chi connectivity index (χ0n) is 15.4. The van der Waals surface area contributed by atoms with Crippen LogP contribution in [0.2, 0.25) is 0 Å². The lowest BCUT2D eigenvalue weighted by Crippen LogP contribution is -1.98. The molecule has 3 nitrogen and oxygen atoms in total. The zero-order valence-corrected chi connectivity index (χ0v) is 15.4. The summed E-state index contributed by atoms with van der Waals surface area (Å²) in [4.78, 5) is 10.2. The predicted molar refractivity (Wildman–Crippen MR) is 116 cm³/mol. The molecule has 0 fully saturated rings. The van der Waals surface area contributed by atoms with Gasteiger partial charge in [-0.05, 0) is 30.5 Å². The summed E-state index contributed by atoms with van der Waals surface area (Å²) in [5.74, 6) is 0.924. The minimum atomic E-state index is 0.924. The van der Waals surface area contributed by atoms with Crippen LogP contribution >= 0.6 is 0 Å². The van der Waals surface area contributed by atoms with Crippen LogP contribution in [0.4, 0.5) is 0 Å². The highest BCUT2D eigenvalue weighted by atomic mass is 15.1. The maximum Gasteiger partial charge on any atom is 0.149 e. The first-order chi connectivity index (χ1) is 13.8. The van der Waals surface area contributed by atoms with E-state index in [1.165, 1.54) is 10.9 Å². The molecule has 0 bridgehead atoms. The molecule has 0 saturated heterocycles. The normalized spacial score (nSPS) is 11.8. The van der Waals surface area contributed by atoms with Crippen LogP contribution in [0.15, 0.2) is 84.9 Å². The average molecular weight is 359 g/mol. The Morgan fingerprint density at radius 1 is 0.679 bits per heavy atom. The topological polar surface area (TPSA) is 30.2 Å². The number of imidazole rings is 1. The van der Waals surface area contributed by atoms with Crippen LogP contribution in [-0.2, 0) is 0 Å². The van der Waals surface area contributed by atoms with Gasteiger partial charge >= 0.3 is 0 Å². The second-order valence-corrected chi connectivity index (χ2v) is 7.24. The number of hydrogen-bond acceptors (Lipinski definition) is 2. The van der Waals surface area contributed by atoms with Gasteiger partial charge in [-0.3, -0.25) is 4.40 Å². The number of para-hydroxylation sites is 2. The van der Waals surface area contributed by atoms with Crippen LogP contribution < -0.4 is 0 Å². The second-order valence-electron chi connectivity index (χ2n) is 7.24. The van der Waals surface area contributed by atoms with Gasteiger partial charge in [0, 0.05) is 16.3 Å². The molecule has 4 aromatic carbocycles. The average Bonchev–Trinajstić information content (AvgIpc) is 3.13. The van der Waals surface area contributed by atoms with Crippen LogP contribution in [0.3, 0.4) is 0 Å². The van der Waals surface area contributed by atoms with Gasteiger partial charge in [-0.15, -0.1) is 0 Å². The van der Waals surface area contributed by atoms with Crippen molar-refractivity contribution in [3.8, 4) is 11.4 Å². The maximum atomic E-state index is 5.18. The van der Waals surface area contributed by atoms with Gasteiger partial charge in [-0.1, -0.05) is 72.3 Å². The number of hydrogen-bond donors (Lipinski definition) is 0. The SMILES string of the molecule is Cc1ccc(-c2nc3c4ccccc4ccc3c3nc4ccccc4n23)cc1. The molecule has 6 aromatic rings. The molecule has 2 aromatic heterocycles. The second kappa shape index (κ2) is 5.64. The van der Waals surface area contributed by atoms with Crippen molar-refractivity contribution in [1.82, 2.24) is 14.4 Å². The van der Waals surface area contributed by atoms with Gasteiger partial charge in [0.25, 0.3) is 0 Å². The molecular weight excluding hydrogens is 342 g/mol. The molecule has 0 unspecified atom stereocenters. The predicted octanol–water partition coefficient (Wildman–Crippen LogP) is 6.16. The van der Waals surface area contributed by atoms with E-state index >= 15 is 0 Å². The Hall–Kier alpha value is -3.72. The van der Waals surface area contributed by atoms with Crippen molar-refractivity contribution in [3.05, 3.63) is 90.5 Å². The molecule has 0 aliphatic carbocycles. The van der Waals surface area contributed by atoms with E-state index in [0.29, 0.717) is 0 Å². The summed E-state index contributed by atoms with van der Waals surface area (Å²) in [6.45, 7) is 2.10. The van der Waals surface area contributed by atoms with Gasteiger partial charge in [-0.2, -0.15) is 0 Å². The first-order valence-electron chi connectivity index (χ1n) is 9.45. The molecule has 0 spiro atoms. The van der Waals surface area contributed by atoms with E-state index in [0.717, 1.165) is 44.4 Å². The highest BCUT2D eigenvalue weighted by Crippen LogP contribution is 2.32. The Labute approximate surface area is 161 Å². The summed E-state index contributed by atoms with van der Waals surface area (Å²) in [5.41, 5.74) is 6.34. The fraction of sp³-hybridized carbons (Fsp3) is 0.0400. The smallest absolute Gasteiger partial charge is 0.149 e. The Morgan fingerprint density at radius 2 is 1.46 bits per heavy atom. The van der Waals surface area contributed by atoms with E-state index in [4.69, 9.17) is 9.97 Å². The van der Waals surface area contributed by atoms with Gasteiger partial charge in [0.05, 0.1) is 16.6 Å². The molecule has 0 aliphatic rings. The molecule has 0 aliphatic heterocycles. The van der Waals surface area contributed by atoms with E-state index in [2.05, 4.69) is 90.2 Å². The van der Waals surface area contributed by atoms with Crippen molar-refractivity contribution in [1.29, 1.82) is 0 Å². The highest BCUT2D eigenvalue weighted by Gasteiger charge is 2.16. The lowest BCUT2D eigenvalue weighted by Gasteiger charge is -2.11. The van der Waals surface area contributed by atoms with Crippen molar-refractivity contribution in [3.63, 3.8) is 0 Å². The lowest BCUT2D eigenvalue weighted by molar-refractivity contribution is 1.16. The summed E-state index contributed by atoms with van der Waals surface area (Å²) in [5, 5.41) is 3.42. The first-order valence-corrected chi connectivity index (χ1v) is 9.45. The molecule has 132 valence electrons. The fourth-order valence-electron chi connectivity index (χ4n) is 4.03. The number of rotatable bonds is 1. The maximum absolute atomic E-state index is 5.18. The van der Waals surface area contributed by atoms with Gasteiger partial charge in [0.1, 0.15) is 11.5 Å². The summed E-state index contributed by atoms with van der Waals surface area (Å²) in [6.07, 6.45) is 0. The van der Waals surface area contributed by atoms with Gasteiger partial charge in [0.2, 0.25) is 0 Å². The Kier molecular flexibility index (Phi) is 3.09. The summed E-state index contributed by atoms with van der Waals surface area (Å²) < 4.78 is 2.19. The third-order valence-electron chi connectivity index (χ3n) is 5.44. The highest BCUT2D eigenvalue weighted by molar-refractivity contribution is 6.11. The molecule has 0 radical (unpaired) electrons. The van der Waals surface area contributed by atoms with Crippen molar-refractivity contribution in [2.45, 2.75) is 6.92 Å². The zero-order chi connectivity index (χ0) is 18.7. The van der Waals surface area contributed by atoms with E-state index < -0.39 is 0 Å². The van der Waals surface area contributed by atoms with Crippen molar-refractivity contribution in [2.75, 3.05) is 0 Å². The van der Waals surface area contributed by atoms with Gasteiger partial charge in [0.15, 0.2) is 0 Å². The number of aromatic nitrogens is 3. The van der Waals surface area contributed by atoms with E-state index in [-0.39, 0.29) is 0 Å². The molecule has 0 saturated carbocycles. The Bertz CT molecular complexity index is 1510. The molecular formula is C25H17N3. The largest absolute Gasteiger partial charge is 0.276 e. The fourth-order valence-corrected chi connectivity index (χ4v) is 4.03. The van der Waals surface area contributed by atoms with Crippen LogP contribution in [0.5, 0.6) is 0 Å². The quantitative estimate of drug-likeness (QED) is 0.329. The van der Waals surface area contributed by atoms with Crippen LogP contribution in [0, 0.1) is 6.92 Å².